The Kier molecular flexibility index (Phi) is 6.03. The second-order valence-electron chi connectivity index (χ2n) is 4.60. The van der Waals surface area contributed by atoms with Crippen molar-refractivity contribution >= 4 is 11.8 Å². The van der Waals surface area contributed by atoms with E-state index in [9.17, 15) is 9.59 Å². The van der Waals surface area contributed by atoms with Crippen LogP contribution in [0, 0.1) is 5.41 Å². The minimum atomic E-state index is -0.611. The van der Waals surface area contributed by atoms with Gasteiger partial charge in [-0.15, -0.1) is 0 Å². The van der Waals surface area contributed by atoms with Crippen molar-refractivity contribution < 1.29 is 9.59 Å². The third-order valence-corrected chi connectivity index (χ3v) is 2.39. The summed E-state index contributed by atoms with van der Waals surface area (Å²) in [5.74, 6) is -0.243. The van der Waals surface area contributed by atoms with Crippen molar-refractivity contribution in [2.24, 2.45) is 11.1 Å². The van der Waals surface area contributed by atoms with Gasteiger partial charge >= 0.3 is 0 Å². The molecular formula is C11H23N3O2. The molecule has 0 aromatic carbocycles. The summed E-state index contributed by atoms with van der Waals surface area (Å²) < 4.78 is 0. The Morgan fingerprint density at radius 2 is 1.94 bits per heavy atom. The molecule has 5 heteroatoms. The Morgan fingerprint density at radius 1 is 1.38 bits per heavy atom. The Bertz CT molecular complexity index is 252. The SMILES string of the molecule is CCCNC(=O)CN(C)C(=O)C(C)(C)CN. The van der Waals surface area contributed by atoms with E-state index in [2.05, 4.69) is 5.32 Å². The topological polar surface area (TPSA) is 75.4 Å². The molecule has 0 unspecified atom stereocenters. The minimum absolute atomic E-state index is 0.0856. The quantitative estimate of drug-likeness (QED) is 0.671. The van der Waals surface area contributed by atoms with Crippen molar-refractivity contribution in [3.8, 4) is 0 Å². The zero-order chi connectivity index (χ0) is 12.8. The smallest absolute Gasteiger partial charge is 0.239 e. The number of nitrogens with zero attached hydrogens (tertiary/aromatic N) is 1. The number of amides is 2. The predicted molar refractivity (Wildman–Crippen MR) is 63.8 cm³/mol. The van der Waals surface area contributed by atoms with Crippen LogP contribution in [0.5, 0.6) is 0 Å². The molecule has 0 spiro atoms. The van der Waals surface area contributed by atoms with Crippen molar-refractivity contribution in [2.45, 2.75) is 27.2 Å². The van der Waals surface area contributed by atoms with Crippen LogP contribution in [-0.2, 0) is 9.59 Å². The Hall–Kier alpha value is -1.10. The number of rotatable bonds is 6. The van der Waals surface area contributed by atoms with Gasteiger partial charge in [-0.3, -0.25) is 9.59 Å². The lowest BCUT2D eigenvalue weighted by molar-refractivity contribution is -0.141. The molecule has 0 bridgehead atoms. The molecule has 0 aliphatic rings. The van der Waals surface area contributed by atoms with Crippen LogP contribution in [0.4, 0.5) is 0 Å². The molecule has 94 valence electrons. The van der Waals surface area contributed by atoms with E-state index in [-0.39, 0.29) is 24.9 Å². The van der Waals surface area contributed by atoms with Gasteiger partial charge in [0.15, 0.2) is 0 Å². The number of nitrogens with one attached hydrogen (secondary N) is 1. The van der Waals surface area contributed by atoms with Crippen molar-refractivity contribution in [3.63, 3.8) is 0 Å². The van der Waals surface area contributed by atoms with Crippen LogP contribution >= 0.6 is 0 Å². The molecule has 0 aromatic rings. The lowest BCUT2D eigenvalue weighted by atomic mass is 9.92. The van der Waals surface area contributed by atoms with Gasteiger partial charge in [-0.1, -0.05) is 6.92 Å². The summed E-state index contributed by atoms with van der Waals surface area (Å²) in [6, 6.07) is 0. The maximum absolute atomic E-state index is 11.9. The molecular weight excluding hydrogens is 206 g/mol. The van der Waals surface area contributed by atoms with Gasteiger partial charge in [0.05, 0.1) is 12.0 Å². The first-order valence-corrected chi connectivity index (χ1v) is 5.57. The molecule has 0 atom stereocenters. The van der Waals surface area contributed by atoms with Crippen LogP contribution in [-0.4, -0.2) is 43.4 Å². The summed E-state index contributed by atoms with van der Waals surface area (Å²) in [6.45, 7) is 6.52. The van der Waals surface area contributed by atoms with E-state index >= 15 is 0 Å². The number of carbonyl (C=O) groups is 2. The van der Waals surface area contributed by atoms with Crippen LogP contribution in [0.2, 0.25) is 0 Å². The maximum Gasteiger partial charge on any atom is 0.239 e. The van der Waals surface area contributed by atoms with Gasteiger partial charge in [0, 0.05) is 20.1 Å². The fourth-order valence-electron chi connectivity index (χ4n) is 1.21. The summed E-state index contributed by atoms with van der Waals surface area (Å²) >= 11 is 0. The zero-order valence-corrected chi connectivity index (χ0v) is 10.7. The van der Waals surface area contributed by atoms with Crippen LogP contribution in [0.1, 0.15) is 27.2 Å². The van der Waals surface area contributed by atoms with E-state index in [0.717, 1.165) is 6.42 Å². The van der Waals surface area contributed by atoms with E-state index in [1.54, 1.807) is 20.9 Å². The highest BCUT2D eigenvalue weighted by atomic mass is 16.2. The number of hydrogen-bond donors (Lipinski definition) is 2. The number of hydrogen-bond acceptors (Lipinski definition) is 3. The van der Waals surface area contributed by atoms with Gasteiger partial charge in [0.25, 0.3) is 0 Å². The van der Waals surface area contributed by atoms with Crippen LogP contribution in [0.25, 0.3) is 0 Å². The zero-order valence-electron chi connectivity index (χ0n) is 10.7. The summed E-state index contributed by atoms with van der Waals surface area (Å²) in [5.41, 5.74) is 4.90. The second kappa shape index (κ2) is 6.48. The van der Waals surface area contributed by atoms with Crippen molar-refractivity contribution in [2.75, 3.05) is 26.7 Å². The lowest BCUT2D eigenvalue weighted by Gasteiger charge is -2.27. The van der Waals surface area contributed by atoms with Gasteiger partial charge < -0.3 is 16.0 Å². The summed E-state index contributed by atoms with van der Waals surface area (Å²) in [6.07, 6.45) is 0.887. The molecule has 0 rings (SSSR count). The molecule has 0 saturated heterocycles. The molecule has 0 aliphatic heterocycles. The molecule has 0 heterocycles. The minimum Gasteiger partial charge on any atom is -0.355 e. The fourth-order valence-corrected chi connectivity index (χ4v) is 1.21. The van der Waals surface area contributed by atoms with Crippen LogP contribution in [0.15, 0.2) is 0 Å². The highest BCUT2D eigenvalue weighted by Crippen LogP contribution is 2.15. The average Bonchev–Trinajstić information content (AvgIpc) is 2.25. The van der Waals surface area contributed by atoms with Gasteiger partial charge in [-0.2, -0.15) is 0 Å². The van der Waals surface area contributed by atoms with Crippen LogP contribution in [0.3, 0.4) is 0 Å². The molecule has 0 aliphatic carbocycles. The Labute approximate surface area is 97.4 Å². The third-order valence-electron chi connectivity index (χ3n) is 2.39. The molecule has 16 heavy (non-hydrogen) atoms. The monoisotopic (exact) mass is 229 g/mol. The van der Waals surface area contributed by atoms with Gasteiger partial charge in [0.1, 0.15) is 0 Å². The summed E-state index contributed by atoms with van der Waals surface area (Å²) in [4.78, 5) is 24.7. The molecule has 0 saturated carbocycles. The van der Waals surface area contributed by atoms with E-state index in [4.69, 9.17) is 5.73 Å². The van der Waals surface area contributed by atoms with E-state index in [1.807, 2.05) is 6.92 Å². The summed E-state index contributed by atoms with van der Waals surface area (Å²) in [7, 11) is 1.62. The van der Waals surface area contributed by atoms with Gasteiger partial charge in [-0.05, 0) is 20.3 Å². The second-order valence-corrected chi connectivity index (χ2v) is 4.60. The largest absolute Gasteiger partial charge is 0.355 e. The molecule has 0 aromatic heterocycles. The van der Waals surface area contributed by atoms with Crippen LogP contribution < -0.4 is 11.1 Å². The number of likely N-dealkylation sites (N-methyl/N-ethyl adjacent to an activating group) is 1. The predicted octanol–water partition coefficient (Wildman–Crippen LogP) is -0.0441. The molecule has 2 amide bonds. The Morgan fingerprint density at radius 3 is 2.38 bits per heavy atom. The average molecular weight is 229 g/mol. The molecule has 0 radical (unpaired) electrons. The highest BCUT2D eigenvalue weighted by molar-refractivity contribution is 5.87. The molecule has 3 N–H and O–H groups in total. The molecule has 0 fully saturated rings. The maximum atomic E-state index is 11.9. The first-order chi connectivity index (χ1) is 7.35. The van der Waals surface area contributed by atoms with Gasteiger partial charge in [0.2, 0.25) is 11.8 Å². The standard InChI is InChI=1S/C11H23N3O2/c1-5-6-13-9(15)7-14(4)10(16)11(2,3)8-12/h5-8,12H2,1-4H3,(H,13,15). The van der Waals surface area contributed by atoms with Crippen molar-refractivity contribution in [3.05, 3.63) is 0 Å². The fraction of sp³-hybridized carbons (Fsp3) is 0.818. The van der Waals surface area contributed by atoms with Gasteiger partial charge in [-0.25, -0.2) is 0 Å². The van der Waals surface area contributed by atoms with E-state index in [0.29, 0.717) is 6.54 Å². The van der Waals surface area contributed by atoms with E-state index in [1.165, 1.54) is 4.90 Å². The number of nitrogens with two attached hydrogens (primary N) is 1. The van der Waals surface area contributed by atoms with E-state index < -0.39 is 5.41 Å². The normalized spacial score (nSPS) is 11.1. The highest BCUT2D eigenvalue weighted by Gasteiger charge is 2.29. The third kappa shape index (κ3) is 4.61. The first kappa shape index (κ1) is 14.9. The lowest BCUT2D eigenvalue weighted by Crippen LogP contribution is -2.46. The molecule has 5 nitrogen and oxygen atoms in total. The first-order valence-electron chi connectivity index (χ1n) is 5.57. The Balaban J connectivity index is 4.20. The van der Waals surface area contributed by atoms with Crippen molar-refractivity contribution in [1.82, 2.24) is 10.2 Å². The van der Waals surface area contributed by atoms with Crippen molar-refractivity contribution in [1.29, 1.82) is 0 Å². The summed E-state index contributed by atoms with van der Waals surface area (Å²) in [5, 5.41) is 2.72. The number of carbonyl (C=O) groups excluding carboxylic acids is 2.